The van der Waals surface area contributed by atoms with Gasteiger partial charge < -0.3 is 20.1 Å². The summed E-state index contributed by atoms with van der Waals surface area (Å²) >= 11 is 2.05. The van der Waals surface area contributed by atoms with Crippen LogP contribution in [0.2, 0.25) is 0 Å². The first-order valence-electron chi connectivity index (χ1n) is 9.24. The second-order valence-electron chi connectivity index (χ2n) is 6.76. The van der Waals surface area contributed by atoms with Crippen molar-refractivity contribution in [2.24, 2.45) is 0 Å². The van der Waals surface area contributed by atoms with Gasteiger partial charge in [-0.15, -0.1) is 0 Å². The Morgan fingerprint density at radius 2 is 1.97 bits per heavy atom. The average molecular weight is 524 g/mol. The Bertz CT molecular complexity index is 1160. The number of hydrogen-bond acceptors (Lipinski definition) is 6. The Morgan fingerprint density at radius 1 is 1.27 bits per heavy atom. The number of hydrogen-bond donors (Lipinski definition) is 2. The van der Waals surface area contributed by atoms with E-state index in [1.54, 1.807) is 6.20 Å². The molecule has 8 nitrogen and oxygen atoms in total. The second kappa shape index (κ2) is 8.56. The molecule has 1 fully saturated rings. The number of fused-ring (bicyclic) bond motifs is 1. The molecule has 156 valence electrons. The minimum Gasteiger partial charge on any atom is -0.501 e. The van der Waals surface area contributed by atoms with Crippen molar-refractivity contribution in [3.63, 3.8) is 0 Å². The van der Waals surface area contributed by atoms with E-state index in [1.807, 2.05) is 6.07 Å². The number of carbonyl (C=O) groups excluding carboxylic acids is 1. The van der Waals surface area contributed by atoms with Crippen LogP contribution in [0.5, 0.6) is 5.75 Å². The molecule has 2 aromatic heterocycles. The fourth-order valence-electron chi connectivity index (χ4n) is 3.20. The lowest BCUT2D eigenvalue weighted by molar-refractivity contribution is 0.0942. The van der Waals surface area contributed by atoms with Crippen LogP contribution >= 0.6 is 22.6 Å². The van der Waals surface area contributed by atoms with Gasteiger partial charge in [0, 0.05) is 25.8 Å². The molecule has 0 radical (unpaired) electrons. The van der Waals surface area contributed by atoms with E-state index in [2.05, 4.69) is 37.8 Å². The lowest BCUT2D eigenvalue weighted by Gasteiger charge is -2.29. The summed E-state index contributed by atoms with van der Waals surface area (Å²) in [5.41, 5.74) is 0.694. The molecule has 0 aliphatic carbocycles. The van der Waals surface area contributed by atoms with Gasteiger partial charge in [-0.25, -0.2) is 9.37 Å². The Hall–Kier alpha value is -2.73. The molecule has 0 atom stereocenters. The molecule has 3 aromatic rings. The van der Waals surface area contributed by atoms with Crippen molar-refractivity contribution < 1.29 is 19.0 Å². The van der Waals surface area contributed by atoms with E-state index in [-0.39, 0.29) is 23.7 Å². The van der Waals surface area contributed by atoms with Crippen molar-refractivity contribution in [1.29, 1.82) is 0 Å². The monoisotopic (exact) mass is 524 g/mol. The summed E-state index contributed by atoms with van der Waals surface area (Å²) in [6, 6.07) is 7.52. The van der Waals surface area contributed by atoms with Crippen LogP contribution in [0.25, 0.3) is 5.65 Å². The second-order valence-corrected chi connectivity index (χ2v) is 7.92. The summed E-state index contributed by atoms with van der Waals surface area (Å²) < 4.78 is 20.3. The average Bonchev–Trinajstić information content (AvgIpc) is 2.76. The first kappa shape index (κ1) is 20.5. The van der Waals surface area contributed by atoms with Gasteiger partial charge in [-0.3, -0.25) is 14.0 Å². The fourth-order valence-corrected chi connectivity index (χ4v) is 3.90. The maximum absolute atomic E-state index is 13.0. The Kier molecular flexibility index (Phi) is 5.86. The van der Waals surface area contributed by atoms with Gasteiger partial charge in [0.15, 0.2) is 11.3 Å². The predicted octanol–water partition coefficient (Wildman–Crippen LogP) is 1.91. The maximum atomic E-state index is 13.0. The molecule has 0 bridgehead atoms. The molecule has 1 aromatic carbocycles. The van der Waals surface area contributed by atoms with E-state index in [9.17, 15) is 19.1 Å². The van der Waals surface area contributed by atoms with E-state index in [0.29, 0.717) is 35.4 Å². The molecule has 4 rings (SSSR count). The first-order valence-corrected chi connectivity index (χ1v) is 10.3. The normalized spacial score (nSPS) is 14.1. The van der Waals surface area contributed by atoms with E-state index in [1.165, 1.54) is 28.7 Å². The first-order chi connectivity index (χ1) is 14.4. The molecule has 2 N–H and O–H groups in total. The number of amides is 1. The zero-order valence-electron chi connectivity index (χ0n) is 15.8. The van der Waals surface area contributed by atoms with E-state index < -0.39 is 17.2 Å². The number of halogens is 2. The lowest BCUT2D eigenvalue weighted by atomic mass is 10.2. The predicted molar refractivity (Wildman–Crippen MR) is 116 cm³/mol. The third-order valence-corrected chi connectivity index (χ3v) is 5.59. The molecule has 0 saturated carbocycles. The van der Waals surface area contributed by atoms with E-state index >= 15 is 0 Å². The number of benzene rings is 1. The molecule has 0 spiro atoms. The summed E-state index contributed by atoms with van der Waals surface area (Å²) in [7, 11) is 0. The number of rotatable bonds is 4. The van der Waals surface area contributed by atoms with Gasteiger partial charge >= 0.3 is 5.56 Å². The standard InChI is InChI=1S/C20H18FIN4O4/c21-13-3-1-12(2-4-13)10-23-19(28)16-17(27)20(29)26-11-14(9-15(22)18(26)24-16)25-5-7-30-8-6-25/h1-4,9,11,27H,5-8,10H2,(H,23,28). The molecule has 10 heteroatoms. The number of anilines is 1. The summed E-state index contributed by atoms with van der Waals surface area (Å²) in [5.74, 6) is -1.79. The Labute approximate surface area is 184 Å². The highest BCUT2D eigenvalue weighted by Crippen LogP contribution is 2.23. The Morgan fingerprint density at radius 3 is 2.67 bits per heavy atom. The van der Waals surface area contributed by atoms with Crippen LogP contribution in [0, 0.1) is 9.39 Å². The van der Waals surface area contributed by atoms with Gasteiger partial charge in [0.1, 0.15) is 5.82 Å². The highest BCUT2D eigenvalue weighted by Gasteiger charge is 2.21. The molecule has 0 unspecified atom stereocenters. The van der Waals surface area contributed by atoms with Crippen LogP contribution in [0.3, 0.4) is 0 Å². The van der Waals surface area contributed by atoms with E-state index in [4.69, 9.17) is 4.74 Å². The van der Waals surface area contributed by atoms with Crippen LogP contribution in [0.4, 0.5) is 10.1 Å². The summed E-state index contributed by atoms with van der Waals surface area (Å²) in [6.45, 7) is 2.69. The SMILES string of the molecule is O=C(NCc1ccc(F)cc1)c1nc2c(I)cc(N3CCOCC3)cn2c(=O)c1O. The number of morpholine rings is 1. The number of carbonyl (C=O) groups is 1. The van der Waals surface area contributed by atoms with Crippen molar-refractivity contribution in [2.75, 3.05) is 31.2 Å². The minimum atomic E-state index is -0.723. The molecule has 1 amide bonds. The maximum Gasteiger partial charge on any atom is 0.300 e. The van der Waals surface area contributed by atoms with Gasteiger partial charge in [-0.2, -0.15) is 0 Å². The van der Waals surface area contributed by atoms with Gasteiger partial charge in [-0.05, 0) is 46.4 Å². The number of nitrogens with zero attached hydrogens (tertiary/aromatic N) is 3. The third kappa shape index (κ3) is 4.10. The molecule has 3 heterocycles. The van der Waals surface area contributed by atoms with Crippen molar-refractivity contribution in [3.05, 3.63) is 67.5 Å². The number of pyridine rings is 1. The third-order valence-electron chi connectivity index (χ3n) is 4.80. The van der Waals surface area contributed by atoms with Crippen LogP contribution in [0.1, 0.15) is 16.1 Å². The fraction of sp³-hybridized carbons (Fsp3) is 0.250. The van der Waals surface area contributed by atoms with Gasteiger partial charge in [-0.1, -0.05) is 12.1 Å². The van der Waals surface area contributed by atoms with Crippen molar-refractivity contribution in [1.82, 2.24) is 14.7 Å². The molecule has 30 heavy (non-hydrogen) atoms. The minimum absolute atomic E-state index is 0.104. The summed E-state index contributed by atoms with van der Waals surface area (Å²) in [5, 5.41) is 12.9. The van der Waals surface area contributed by atoms with Crippen LogP contribution in [-0.2, 0) is 11.3 Å². The number of aromatic hydroxyl groups is 1. The van der Waals surface area contributed by atoms with Crippen LogP contribution < -0.4 is 15.8 Å². The molecular formula is C20H18FIN4O4. The van der Waals surface area contributed by atoms with Crippen molar-refractivity contribution >= 4 is 39.8 Å². The lowest BCUT2D eigenvalue weighted by Crippen LogP contribution is -2.36. The molecule has 1 aliphatic heterocycles. The van der Waals surface area contributed by atoms with Crippen LogP contribution in [-0.4, -0.2) is 46.7 Å². The van der Waals surface area contributed by atoms with Gasteiger partial charge in [0.25, 0.3) is 5.91 Å². The van der Waals surface area contributed by atoms with Crippen LogP contribution in [0.15, 0.2) is 41.3 Å². The van der Waals surface area contributed by atoms with Crippen molar-refractivity contribution in [2.45, 2.75) is 6.54 Å². The van der Waals surface area contributed by atoms with Crippen molar-refractivity contribution in [3.8, 4) is 5.75 Å². The van der Waals surface area contributed by atoms with Gasteiger partial charge in [0.2, 0.25) is 5.75 Å². The van der Waals surface area contributed by atoms with E-state index in [0.717, 1.165) is 5.69 Å². The quantitative estimate of drug-likeness (QED) is 0.507. The topological polar surface area (TPSA) is 96.2 Å². The largest absolute Gasteiger partial charge is 0.501 e. The smallest absolute Gasteiger partial charge is 0.300 e. The Balaban J connectivity index is 1.65. The zero-order chi connectivity index (χ0) is 21.3. The molecular weight excluding hydrogens is 506 g/mol. The highest BCUT2D eigenvalue weighted by molar-refractivity contribution is 14.1. The highest BCUT2D eigenvalue weighted by atomic mass is 127. The van der Waals surface area contributed by atoms with Gasteiger partial charge in [0.05, 0.1) is 22.5 Å². The number of nitrogens with one attached hydrogen (secondary N) is 1. The summed E-state index contributed by atoms with van der Waals surface area (Å²) in [4.78, 5) is 31.6. The summed E-state index contributed by atoms with van der Waals surface area (Å²) in [6.07, 6.45) is 1.61. The number of ether oxygens (including phenoxy) is 1. The number of aromatic nitrogens is 2. The molecule has 1 saturated heterocycles. The molecule has 1 aliphatic rings. The zero-order valence-corrected chi connectivity index (χ0v) is 17.9.